The Morgan fingerprint density at radius 3 is 2.82 bits per heavy atom. The van der Waals surface area contributed by atoms with Crippen molar-refractivity contribution in [1.29, 1.82) is 0 Å². The minimum absolute atomic E-state index is 0.501. The summed E-state index contributed by atoms with van der Waals surface area (Å²) >= 11 is 0. The molecular weight excluding hydrogens is 352 g/mol. The van der Waals surface area contributed by atoms with E-state index in [4.69, 9.17) is 4.74 Å². The molecule has 0 fully saturated rings. The van der Waals surface area contributed by atoms with E-state index < -0.39 is 0 Å². The monoisotopic (exact) mass is 370 g/mol. The third kappa shape index (κ3) is 3.14. The van der Waals surface area contributed by atoms with Crippen LogP contribution in [0.3, 0.4) is 0 Å². The first kappa shape index (κ1) is 16.3. The number of hydrogen-bond acceptors (Lipinski definition) is 7. The molecule has 0 bridgehead atoms. The molecule has 0 saturated heterocycles. The van der Waals surface area contributed by atoms with Gasteiger partial charge in [-0.2, -0.15) is 4.98 Å². The maximum atomic E-state index is 5.46. The molecule has 2 aromatic carbocycles. The van der Waals surface area contributed by atoms with Gasteiger partial charge in [0.25, 0.3) is 0 Å². The van der Waals surface area contributed by atoms with Crippen LogP contribution in [0.2, 0.25) is 0 Å². The molecule has 138 valence electrons. The number of nitrogens with one attached hydrogen (secondary N) is 3. The van der Waals surface area contributed by atoms with Crippen LogP contribution in [0.15, 0.2) is 61.1 Å². The van der Waals surface area contributed by atoms with Crippen molar-refractivity contribution in [2.24, 2.45) is 0 Å². The Bertz CT molecular complexity index is 1180. The van der Waals surface area contributed by atoms with Crippen LogP contribution < -0.4 is 20.7 Å². The van der Waals surface area contributed by atoms with Crippen LogP contribution in [0.25, 0.3) is 10.8 Å². The highest BCUT2D eigenvalue weighted by Crippen LogP contribution is 2.33. The normalized spacial score (nSPS) is 12.2. The van der Waals surface area contributed by atoms with Crippen molar-refractivity contribution in [2.45, 2.75) is 6.92 Å². The highest BCUT2D eigenvalue weighted by atomic mass is 16.5. The summed E-state index contributed by atoms with van der Waals surface area (Å²) in [5.41, 5.74) is 3.79. The van der Waals surface area contributed by atoms with Crippen molar-refractivity contribution < 1.29 is 4.74 Å². The van der Waals surface area contributed by atoms with Crippen LogP contribution in [0.1, 0.15) is 5.56 Å². The molecule has 0 saturated carbocycles. The first-order valence-electron chi connectivity index (χ1n) is 8.97. The zero-order valence-electron chi connectivity index (χ0n) is 15.2. The van der Waals surface area contributed by atoms with Gasteiger partial charge < -0.3 is 20.7 Å². The van der Waals surface area contributed by atoms with Crippen LogP contribution in [0.5, 0.6) is 5.75 Å². The second-order valence-electron chi connectivity index (χ2n) is 6.59. The lowest BCUT2D eigenvalue weighted by Gasteiger charge is -2.12. The number of nitrogens with zero attached hydrogens (tertiary/aromatic N) is 3. The van der Waals surface area contributed by atoms with E-state index in [1.807, 2.05) is 49.5 Å². The predicted octanol–water partition coefficient (Wildman–Crippen LogP) is 4.58. The Morgan fingerprint density at radius 2 is 1.86 bits per heavy atom. The van der Waals surface area contributed by atoms with E-state index >= 15 is 0 Å². The number of ether oxygens (including phenoxy) is 1. The van der Waals surface area contributed by atoms with Crippen LogP contribution in [0, 0.1) is 6.92 Å². The maximum absolute atomic E-state index is 5.46. The minimum atomic E-state index is 0.501. The van der Waals surface area contributed by atoms with Gasteiger partial charge >= 0.3 is 0 Å². The SMILES string of the molecule is Cc1cnc(Nc2ccc3cnccc3c2)nc1Nc1ccc2c(c1)NCO2. The number of aromatic nitrogens is 3. The van der Waals surface area contributed by atoms with Crippen molar-refractivity contribution >= 4 is 39.6 Å². The number of rotatable bonds is 4. The van der Waals surface area contributed by atoms with Gasteiger partial charge in [-0.15, -0.1) is 0 Å². The summed E-state index contributed by atoms with van der Waals surface area (Å²) in [6.07, 6.45) is 5.43. The third-order valence-electron chi connectivity index (χ3n) is 4.60. The average molecular weight is 370 g/mol. The van der Waals surface area contributed by atoms with E-state index in [-0.39, 0.29) is 0 Å². The molecule has 7 nitrogen and oxygen atoms in total. The summed E-state index contributed by atoms with van der Waals surface area (Å²) < 4.78 is 5.46. The van der Waals surface area contributed by atoms with Crippen molar-refractivity contribution in [3.63, 3.8) is 0 Å². The fourth-order valence-electron chi connectivity index (χ4n) is 3.12. The molecule has 0 spiro atoms. The highest BCUT2D eigenvalue weighted by molar-refractivity contribution is 5.85. The molecule has 7 heteroatoms. The van der Waals surface area contributed by atoms with E-state index in [2.05, 4.69) is 37.0 Å². The summed E-state index contributed by atoms with van der Waals surface area (Å²) in [5.74, 6) is 2.14. The second kappa shape index (κ2) is 6.70. The molecule has 5 rings (SSSR count). The molecule has 0 aliphatic carbocycles. The van der Waals surface area contributed by atoms with Gasteiger partial charge in [-0.3, -0.25) is 4.98 Å². The summed E-state index contributed by atoms with van der Waals surface area (Å²) in [5, 5.41) is 12.0. The molecule has 0 amide bonds. The fourth-order valence-corrected chi connectivity index (χ4v) is 3.12. The van der Waals surface area contributed by atoms with Crippen molar-refractivity contribution in [1.82, 2.24) is 15.0 Å². The lowest BCUT2D eigenvalue weighted by molar-refractivity contribution is 0.372. The van der Waals surface area contributed by atoms with Gasteiger partial charge in [-0.05, 0) is 48.7 Å². The topological polar surface area (TPSA) is 84.0 Å². The molecule has 3 heterocycles. The number of pyridine rings is 1. The van der Waals surface area contributed by atoms with E-state index in [0.717, 1.165) is 45.0 Å². The summed E-state index contributed by atoms with van der Waals surface area (Å²) in [7, 11) is 0. The van der Waals surface area contributed by atoms with Gasteiger partial charge in [0, 0.05) is 40.9 Å². The molecule has 2 aromatic heterocycles. The molecule has 3 N–H and O–H groups in total. The number of benzene rings is 2. The van der Waals surface area contributed by atoms with E-state index in [1.54, 1.807) is 12.4 Å². The lowest BCUT2D eigenvalue weighted by Crippen LogP contribution is -2.03. The predicted molar refractivity (Wildman–Crippen MR) is 111 cm³/mol. The molecule has 1 aliphatic rings. The zero-order valence-corrected chi connectivity index (χ0v) is 15.2. The minimum Gasteiger partial charge on any atom is -0.471 e. The molecule has 4 aromatic rings. The van der Waals surface area contributed by atoms with Crippen molar-refractivity contribution in [2.75, 3.05) is 22.7 Å². The van der Waals surface area contributed by atoms with Gasteiger partial charge in [0.15, 0.2) is 6.73 Å². The van der Waals surface area contributed by atoms with Crippen LogP contribution in [-0.4, -0.2) is 21.7 Å². The molecular formula is C21H18N6O. The summed E-state index contributed by atoms with van der Waals surface area (Å²) in [4.78, 5) is 13.2. The lowest BCUT2D eigenvalue weighted by atomic mass is 10.1. The number of anilines is 5. The van der Waals surface area contributed by atoms with Gasteiger partial charge in [-0.25, -0.2) is 4.98 Å². The van der Waals surface area contributed by atoms with Gasteiger partial charge in [-0.1, -0.05) is 6.07 Å². The first-order valence-corrected chi connectivity index (χ1v) is 8.97. The van der Waals surface area contributed by atoms with E-state index in [0.29, 0.717) is 12.7 Å². The van der Waals surface area contributed by atoms with E-state index in [1.165, 1.54) is 0 Å². The smallest absolute Gasteiger partial charge is 0.229 e. The standard InChI is InChI=1S/C21H18N6O/c1-13-10-23-21(26-16-3-2-15-11-22-7-6-14(15)8-16)27-20(13)25-17-4-5-19-18(9-17)24-12-28-19/h2-11,24H,12H2,1H3,(H2,23,25,26,27). The number of aryl methyl sites for hydroxylation is 1. The van der Waals surface area contributed by atoms with Crippen LogP contribution in [0.4, 0.5) is 28.8 Å². The number of fused-ring (bicyclic) bond motifs is 2. The van der Waals surface area contributed by atoms with Crippen molar-refractivity contribution in [3.05, 3.63) is 66.6 Å². The Hall–Kier alpha value is -3.87. The summed E-state index contributed by atoms with van der Waals surface area (Å²) in [6.45, 7) is 2.48. The molecule has 0 atom stereocenters. The molecule has 0 unspecified atom stereocenters. The molecule has 1 aliphatic heterocycles. The molecule has 28 heavy (non-hydrogen) atoms. The van der Waals surface area contributed by atoms with Crippen molar-refractivity contribution in [3.8, 4) is 5.75 Å². The number of hydrogen-bond donors (Lipinski definition) is 3. The largest absolute Gasteiger partial charge is 0.471 e. The molecule has 0 radical (unpaired) electrons. The summed E-state index contributed by atoms with van der Waals surface area (Å²) in [6, 6.07) is 14.0. The first-order chi connectivity index (χ1) is 13.7. The third-order valence-corrected chi connectivity index (χ3v) is 4.60. The zero-order chi connectivity index (χ0) is 18.9. The quantitative estimate of drug-likeness (QED) is 0.485. The average Bonchev–Trinajstić information content (AvgIpc) is 3.18. The van der Waals surface area contributed by atoms with Gasteiger partial charge in [0.1, 0.15) is 11.6 Å². The Labute approximate surface area is 161 Å². The van der Waals surface area contributed by atoms with Crippen LogP contribution >= 0.6 is 0 Å². The van der Waals surface area contributed by atoms with Gasteiger partial charge in [0.05, 0.1) is 5.69 Å². The van der Waals surface area contributed by atoms with E-state index in [9.17, 15) is 0 Å². The van der Waals surface area contributed by atoms with Crippen LogP contribution in [-0.2, 0) is 0 Å². The fraction of sp³-hybridized carbons (Fsp3) is 0.0952. The van der Waals surface area contributed by atoms with Gasteiger partial charge in [0.2, 0.25) is 5.95 Å². The Balaban J connectivity index is 1.40. The maximum Gasteiger partial charge on any atom is 0.229 e. The highest BCUT2D eigenvalue weighted by Gasteiger charge is 2.12. The Kier molecular flexibility index (Phi) is 3.90. The Morgan fingerprint density at radius 1 is 0.964 bits per heavy atom. The second-order valence-corrected chi connectivity index (χ2v) is 6.59.